The summed E-state index contributed by atoms with van der Waals surface area (Å²) in [5, 5.41) is 4.80. The lowest BCUT2D eigenvalue weighted by Crippen LogP contribution is -2.19. The zero-order valence-corrected chi connectivity index (χ0v) is 17.2. The number of carbonyl (C=O) groups excluding carboxylic acids is 2. The van der Waals surface area contributed by atoms with Crippen LogP contribution in [0.1, 0.15) is 0 Å². The molecule has 0 saturated heterocycles. The smallest absolute Gasteiger partial charge is 0.257 e. The minimum Gasteiger partial charge on any atom is -0.324 e. The third-order valence-electron chi connectivity index (χ3n) is 3.22. The number of halogens is 4. The summed E-state index contributed by atoms with van der Waals surface area (Å²) in [6.45, 7) is 0. The molecule has 2 N–H and O–H groups in total. The lowest BCUT2D eigenvalue weighted by Gasteiger charge is -2.10. The highest BCUT2D eigenvalue weighted by molar-refractivity contribution is 7.91. The van der Waals surface area contributed by atoms with Crippen molar-refractivity contribution in [1.82, 2.24) is 0 Å². The average molecular weight is 470 g/mol. The summed E-state index contributed by atoms with van der Waals surface area (Å²) in [4.78, 5) is 20.4. The summed E-state index contributed by atoms with van der Waals surface area (Å²) >= 11 is 21.9. The molecule has 0 bridgehead atoms. The quantitative estimate of drug-likeness (QED) is 0.625. The van der Waals surface area contributed by atoms with E-state index in [1.165, 1.54) is 48.5 Å². The molecule has 144 valence electrons. The van der Waals surface area contributed by atoms with Gasteiger partial charge in [-0.2, -0.15) is 0 Å². The fraction of sp³-hybridized carbons (Fsp3) is 0.125. The molecule has 0 unspecified atom stereocenters. The first-order valence-corrected chi connectivity index (χ1v) is 10.5. The molecule has 0 fully saturated rings. The maximum Gasteiger partial charge on any atom is 0.257 e. The van der Waals surface area contributed by atoms with Crippen LogP contribution in [0.5, 0.6) is 0 Å². The van der Waals surface area contributed by atoms with E-state index >= 15 is 0 Å². The number of hydrogen-bond acceptors (Lipinski definition) is 4. The molecule has 0 saturated carbocycles. The molecule has 2 rings (SSSR count). The SMILES string of the molecule is O=C(Nc1cccc(S(=O)(=O)c2cccc(NC(=O)C(Cl)Cl)c2)c1)C(Cl)Cl. The van der Waals surface area contributed by atoms with Crippen molar-refractivity contribution in [2.24, 2.45) is 0 Å². The Bertz CT molecular complexity index is 893. The monoisotopic (exact) mass is 468 g/mol. The molecule has 0 spiro atoms. The topological polar surface area (TPSA) is 92.3 Å². The Balaban J connectivity index is 2.33. The van der Waals surface area contributed by atoms with Gasteiger partial charge in [-0.05, 0) is 36.4 Å². The molecular formula is C16H12Cl4N2O4S. The third kappa shape index (κ3) is 5.73. The van der Waals surface area contributed by atoms with Gasteiger partial charge in [-0.15, -0.1) is 0 Å². The summed E-state index contributed by atoms with van der Waals surface area (Å²) in [7, 11) is -3.93. The minimum atomic E-state index is -3.93. The molecule has 6 nitrogen and oxygen atoms in total. The summed E-state index contributed by atoms with van der Waals surface area (Å²) in [6, 6.07) is 11.2. The molecule has 0 aromatic heterocycles. The number of anilines is 2. The molecule has 0 atom stereocenters. The summed E-state index contributed by atoms with van der Waals surface area (Å²) in [5.74, 6) is -1.37. The van der Waals surface area contributed by atoms with Gasteiger partial charge in [0.2, 0.25) is 9.84 Å². The molecule has 2 amide bonds. The van der Waals surface area contributed by atoms with E-state index in [9.17, 15) is 18.0 Å². The molecule has 2 aromatic rings. The van der Waals surface area contributed by atoms with Crippen molar-refractivity contribution in [1.29, 1.82) is 0 Å². The molecule has 27 heavy (non-hydrogen) atoms. The van der Waals surface area contributed by atoms with Gasteiger partial charge in [0, 0.05) is 11.4 Å². The number of rotatable bonds is 6. The molecule has 0 heterocycles. The summed E-state index contributed by atoms with van der Waals surface area (Å²) < 4.78 is 25.7. The summed E-state index contributed by atoms with van der Waals surface area (Å²) in [6.07, 6.45) is 0. The Hall–Kier alpha value is -1.51. The van der Waals surface area contributed by atoms with Crippen LogP contribution in [0.3, 0.4) is 0 Å². The van der Waals surface area contributed by atoms with Crippen molar-refractivity contribution in [2.45, 2.75) is 19.5 Å². The number of sulfone groups is 1. The van der Waals surface area contributed by atoms with Crippen LogP contribution in [0.2, 0.25) is 0 Å². The molecule has 11 heteroatoms. The van der Waals surface area contributed by atoms with Gasteiger partial charge < -0.3 is 10.6 Å². The van der Waals surface area contributed by atoms with Crippen molar-refractivity contribution in [3.8, 4) is 0 Å². The predicted octanol–water partition coefficient (Wildman–Crippen LogP) is 4.00. The highest BCUT2D eigenvalue weighted by Crippen LogP contribution is 2.26. The van der Waals surface area contributed by atoms with Gasteiger partial charge in [-0.3, -0.25) is 9.59 Å². The zero-order chi connectivity index (χ0) is 20.2. The maximum absolute atomic E-state index is 12.8. The Morgan fingerprint density at radius 3 is 1.44 bits per heavy atom. The van der Waals surface area contributed by atoms with E-state index in [1.807, 2.05) is 0 Å². The maximum atomic E-state index is 12.8. The van der Waals surface area contributed by atoms with Crippen LogP contribution in [0.4, 0.5) is 11.4 Å². The Morgan fingerprint density at radius 2 is 1.11 bits per heavy atom. The minimum absolute atomic E-state index is 0.0722. The van der Waals surface area contributed by atoms with Gasteiger partial charge in [0.05, 0.1) is 9.79 Å². The number of carbonyl (C=O) groups is 2. The number of amides is 2. The number of benzene rings is 2. The normalized spacial score (nSPS) is 11.5. The zero-order valence-electron chi connectivity index (χ0n) is 13.3. The first-order valence-electron chi connectivity index (χ1n) is 7.24. The van der Waals surface area contributed by atoms with Crippen LogP contribution >= 0.6 is 46.4 Å². The van der Waals surface area contributed by atoms with Crippen LogP contribution in [0.15, 0.2) is 58.3 Å². The van der Waals surface area contributed by atoms with Crippen LogP contribution in [0, 0.1) is 0 Å². The van der Waals surface area contributed by atoms with Gasteiger partial charge in [0.1, 0.15) is 0 Å². The molecule has 0 aliphatic rings. The Labute approximate surface area is 175 Å². The highest BCUT2D eigenvalue weighted by atomic mass is 35.5. The van der Waals surface area contributed by atoms with Crippen molar-refractivity contribution in [3.05, 3.63) is 48.5 Å². The predicted molar refractivity (Wildman–Crippen MR) is 107 cm³/mol. The van der Waals surface area contributed by atoms with Gasteiger partial charge in [0.25, 0.3) is 11.8 Å². The standard InChI is InChI=1S/C16H12Cl4N2O4S/c17-13(18)15(23)21-9-3-1-5-11(7-9)27(25,26)12-6-2-4-10(8-12)22-16(24)14(19)20/h1-8,13-14H,(H,21,23)(H,22,24). The van der Waals surface area contributed by atoms with Crippen LogP contribution in [0.25, 0.3) is 0 Å². The van der Waals surface area contributed by atoms with Crippen molar-refractivity contribution in [3.63, 3.8) is 0 Å². The molecule has 0 aliphatic carbocycles. The van der Waals surface area contributed by atoms with E-state index < -0.39 is 31.3 Å². The van der Waals surface area contributed by atoms with E-state index in [0.717, 1.165) is 0 Å². The number of alkyl halides is 4. The average Bonchev–Trinajstić information content (AvgIpc) is 2.62. The molecular weight excluding hydrogens is 458 g/mol. The first kappa shape index (κ1) is 21.8. The van der Waals surface area contributed by atoms with E-state index in [-0.39, 0.29) is 21.2 Å². The van der Waals surface area contributed by atoms with Crippen LogP contribution in [-0.4, -0.2) is 29.9 Å². The molecule has 0 aliphatic heterocycles. The largest absolute Gasteiger partial charge is 0.324 e. The Kier molecular flexibility index (Phi) is 7.36. The third-order valence-corrected chi connectivity index (χ3v) is 5.76. The van der Waals surface area contributed by atoms with Gasteiger partial charge >= 0.3 is 0 Å². The van der Waals surface area contributed by atoms with Crippen LogP contribution < -0.4 is 10.6 Å². The Morgan fingerprint density at radius 1 is 0.741 bits per heavy atom. The number of nitrogens with one attached hydrogen (secondary N) is 2. The van der Waals surface area contributed by atoms with E-state index in [4.69, 9.17) is 46.4 Å². The highest BCUT2D eigenvalue weighted by Gasteiger charge is 2.20. The van der Waals surface area contributed by atoms with Crippen molar-refractivity contribution >= 4 is 79.4 Å². The first-order chi connectivity index (χ1) is 12.6. The fourth-order valence-electron chi connectivity index (χ4n) is 2.01. The van der Waals surface area contributed by atoms with Crippen LogP contribution in [-0.2, 0) is 19.4 Å². The molecule has 0 radical (unpaired) electrons. The summed E-state index contributed by atoms with van der Waals surface area (Å²) in [5.41, 5.74) is 0.424. The second-order valence-corrected chi connectivity index (χ2v) is 9.28. The fourth-order valence-corrected chi connectivity index (χ4v) is 3.58. The van der Waals surface area contributed by atoms with E-state index in [2.05, 4.69) is 10.6 Å². The lowest BCUT2D eigenvalue weighted by atomic mass is 10.3. The number of hydrogen-bond donors (Lipinski definition) is 2. The molecule has 2 aromatic carbocycles. The van der Waals surface area contributed by atoms with Gasteiger partial charge in [-0.1, -0.05) is 58.5 Å². The van der Waals surface area contributed by atoms with Gasteiger partial charge in [-0.25, -0.2) is 8.42 Å². The van der Waals surface area contributed by atoms with Gasteiger partial charge in [0.15, 0.2) is 9.67 Å². The van der Waals surface area contributed by atoms with E-state index in [1.54, 1.807) is 0 Å². The second-order valence-electron chi connectivity index (χ2n) is 5.14. The lowest BCUT2D eigenvalue weighted by molar-refractivity contribution is -0.115. The van der Waals surface area contributed by atoms with E-state index in [0.29, 0.717) is 0 Å². The van der Waals surface area contributed by atoms with Crippen molar-refractivity contribution < 1.29 is 18.0 Å². The second kappa shape index (κ2) is 9.12. The van der Waals surface area contributed by atoms with Crippen molar-refractivity contribution in [2.75, 3.05) is 10.6 Å².